The molecule has 2 aromatic rings. The molecule has 0 saturated heterocycles. The van der Waals surface area contributed by atoms with Gasteiger partial charge in [0.15, 0.2) is 11.6 Å². The fourth-order valence-corrected chi connectivity index (χ4v) is 2.81. The van der Waals surface area contributed by atoms with Crippen molar-refractivity contribution in [2.45, 2.75) is 25.9 Å². The van der Waals surface area contributed by atoms with Crippen LogP contribution in [0.25, 0.3) is 0 Å². The Labute approximate surface area is 172 Å². The van der Waals surface area contributed by atoms with Crippen LogP contribution in [0.2, 0.25) is 0 Å². The lowest BCUT2D eigenvalue weighted by Crippen LogP contribution is -2.33. The minimum Gasteiger partial charge on any atom is -0.505 e. The number of carbonyl (C=O) groups is 3. The maximum absolute atomic E-state index is 13.8. The number of aliphatic carboxylic acids is 1. The molecule has 0 bridgehead atoms. The van der Waals surface area contributed by atoms with Crippen LogP contribution in [0.1, 0.15) is 41.8 Å². The summed E-state index contributed by atoms with van der Waals surface area (Å²) in [6.07, 6.45) is 1.35. The number of allylic oxidation sites excluding steroid dienone is 1. The molecule has 7 nitrogen and oxygen atoms in total. The summed E-state index contributed by atoms with van der Waals surface area (Å²) >= 11 is 0. The number of carbonyl (C=O) groups excluding carboxylic acids is 2. The number of carboxylic acid groups (broad SMARTS) is 1. The lowest BCUT2D eigenvalue weighted by molar-refractivity contribution is -0.131. The van der Waals surface area contributed by atoms with Gasteiger partial charge >= 0.3 is 12.1 Å². The van der Waals surface area contributed by atoms with E-state index in [0.717, 1.165) is 18.2 Å². The highest BCUT2D eigenvalue weighted by Gasteiger charge is 2.25. The number of phenolic OH excluding ortho intramolecular Hbond substituents is 1. The Hall–Kier alpha value is -3.68. The van der Waals surface area contributed by atoms with E-state index >= 15 is 0 Å². The summed E-state index contributed by atoms with van der Waals surface area (Å²) < 4.78 is 19.2. The van der Waals surface area contributed by atoms with E-state index in [9.17, 15) is 23.9 Å². The molecular formula is C22H22FNO6. The molecule has 3 N–H and O–H groups in total. The molecule has 0 spiro atoms. The first kappa shape index (κ1) is 22.6. The lowest BCUT2D eigenvalue weighted by atomic mass is 9.93. The second-order valence-electron chi connectivity index (χ2n) is 6.65. The molecule has 0 aliphatic carbocycles. The van der Waals surface area contributed by atoms with Gasteiger partial charge < -0.3 is 14.9 Å². The van der Waals surface area contributed by atoms with E-state index in [-0.39, 0.29) is 11.5 Å². The van der Waals surface area contributed by atoms with Crippen LogP contribution in [-0.4, -0.2) is 28.2 Å². The van der Waals surface area contributed by atoms with Crippen molar-refractivity contribution < 1.29 is 33.7 Å². The Morgan fingerprint density at radius 1 is 1.17 bits per heavy atom. The number of phenols is 1. The second kappa shape index (κ2) is 10.8. The first-order valence-electron chi connectivity index (χ1n) is 9.22. The van der Waals surface area contributed by atoms with Crippen LogP contribution in [0.3, 0.4) is 0 Å². The summed E-state index contributed by atoms with van der Waals surface area (Å²) in [4.78, 5) is 35.0. The number of hydrogen-bond donors (Lipinski definition) is 3. The highest BCUT2D eigenvalue weighted by atomic mass is 19.1. The van der Waals surface area contributed by atoms with Crippen LogP contribution in [0, 0.1) is 11.7 Å². The zero-order valence-corrected chi connectivity index (χ0v) is 16.2. The van der Waals surface area contributed by atoms with Gasteiger partial charge in [-0.2, -0.15) is 0 Å². The summed E-state index contributed by atoms with van der Waals surface area (Å²) in [5, 5.41) is 20.2. The monoisotopic (exact) mass is 415 g/mol. The number of hydrogen-bond acceptors (Lipinski definition) is 5. The molecule has 0 saturated carbocycles. The van der Waals surface area contributed by atoms with Crippen LogP contribution < -0.4 is 5.32 Å². The number of alkyl carbamates (subject to hydrolysis) is 1. The maximum Gasteiger partial charge on any atom is 0.414 e. The molecule has 0 radical (unpaired) electrons. The van der Waals surface area contributed by atoms with Gasteiger partial charge in [0, 0.05) is 11.6 Å². The Morgan fingerprint density at radius 3 is 2.50 bits per heavy atom. The van der Waals surface area contributed by atoms with E-state index in [1.807, 2.05) is 0 Å². The zero-order valence-electron chi connectivity index (χ0n) is 16.2. The van der Waals surface area contributed by atoms with Gasteiger partial charge in [-0.25, -0.2) is 14.0 Å². The fourth-order valence-electron chi connectivity index (χ4n) is 2.81. The Morgan fingerprint density at radius 2 is 1.87 bits per heavy atom. The largest absolute Gasteiger partial charge is 0.505 e. The third-order valence-corrected chi connectivity index (χ3v) is 4.35. The van der Waals surface area contributed by atoms with E-state index in [4.69, 9.17) is 9.84 Å². The quantitative estimate of drug-likeness (QED) is 0.557. The molecule has 0 aliphatic rings. The molecule has 30 heavy (non-hydrogen) atoms. The number of ether oxygens (including phenoxy) is 1. The minimum atomic E-state index is -1.07. The summed E-state index contributed by atoms with van der Waals surface area (Å²) in [5.74, 6) is -3.48. The van der Waals surface area contributed by atoms with Gasteiger partial charge in [-0.3, -0.25) is 10.1 Å². The molecule has 0 fully saturated rings. The van der Waals surface area contributed by atoms with Gasteiger partial charge in [0.25, 0.3) is 5.91 Å². The van der Waals surface area contributed by atoms with Gasteiger partial charge in [0.1, 0.15) is 6.10 Å². The maximum atomic E-state index is 13.8. The molecule has 0 unspecified atom stereocenters. The predicted molar refractivity (Wildman–Crippen MR) is 106 cm³/mol. The molecule has 2 atom stereocenters. The van der Waals surface area contributed by atoms with E-state index in [0.29, 0.717) is 18.4 Å². The van der Waals surface area contributed by atoms with Gasteiger partial charge in [-0.05, 0) is 48.6 Å². The van der Waals surface area contributed by atoms with Crippen molar-refractivity contribution in [1.82, 2.24) is 5.32 Å². The van der Waals surface area contributed by atoms with E-state index < -0.39 is 35.6 Å². The average molecular weight is 415 g/mol. The number of nitrogens with one attached hydrogen (secondary N) is 1. The normalized spacial score (nSPS) is 12.9. The molecular weight excluding hydrogens is 393 g/mol. The number of halogens is 1. The Kier molecular flexibility index (Phi) is 8.10. The molecule has 2 amide bonds. The van der Waals surface area contributed by atoms with Crippen molar-refractivity contribution >= 4 is 18.0 Å². The van der Waals surface area contributed by atoms with Crippen molar-refractivity contribution in [3.63, 3.8) is 0 Å². The van der Waals surface area contributed by atoms with Gasteiger partial charge in [-0.15, -0.1) is 0 Å². The van der Waals surface area contributed by atoms with Crippen molar-refractivity contribution in [2.75, 3.05) is 0 Å². The summed E-state index contributed by atoms with van der Waals surface area (Å²) in [6.45, 7) is 1.75. The number of aromatic hydroxyl groups is 1. The van der Waals surface area contributed by atoms with Gasteiger partial charge in [0.05, 0.1) is 0 Å². The highest BCUT2D eigenvalue weighted by molar-refractivity contribution is 6.02. The van der Waals surface area contributed by atoms with Crippen molar-refractivity contribution in [3.05, 3.63) is 77.6 Å². The number of amides is 2. The zero-order chi connectivity index (χ0) is 22.1. The molecule has 0 heterocycles. The minimum absolute atomic E-state index is 0.272. The molecule has 158 valence electrons. The number of benzene rings is 2. The number of imide groups is 1. The van der Waals surface area contributed by atoms with E-state index in [1.165, 1.54) is 24.3 Å². The molecule has 0 aliphatic heterocycles. The van der Waals surface area contributed by atoms with Crippen LogP contribution in [0.15, 0.2) is 60.7 Å². The Bertz CT molecular complexity index is 928. The average Bonchev–Trinajstić information content (AvgIpc) is 2.72. The van der Waals surface area contributed by atoms with Crippen LogP contribution >= 0.6 is 0 Å². The molecule has 2 rings (SSSR count). The van der Waals surface area contributed by atoms with Crippen molar-refractivity contribution in [2.24, 2.45) is 5.92 Å². The fraction of sp³-hybridized carbons (Fsp3) is 0.227. The number of rotatable bonds is 8. The van der Waals surface area contributed by atoms with Crippen molar-refractivity contribution in [3.8, 4) is 5.75 Å². The number of carboxylic acids is 1. The summed E-state index contributed by atoms with van der Waals surface area (Å²) in [6, 6.07) is 11.7. The van der Waals surface area contributed by atoms with E-state index in [1.54, 1.807) is 25.1 Å². The smallest absolute Gasteiger partial charge is 0.414 e. The van der Waals surface area contributed by atoms with Crippen LogP contribution in [-0.2, 0) is 9.53 Å². The highest BCUT2D eigenvalue weighted by Crippen LogP contribution is 2.31. The molecule has 0 aromatic heterocycles. The van der Waals surface area contributed by atoms with E-state index in [2.05, 4.69) is 5.32 Å². The van der Waals surface area contributed by atoms with Gasteiger partial charge in [-0.1, -0.05) is 37.3 Å². The lowest BCUT2D eigenvalue weighted by Gasteiger charge is -2.24. The third-order valence-electron chi connectivity index (χ3n) is 4.35. The first-order chi connectivity index (χ1) is 14.3. The second-order valence-corrected chi connectivity index (χ2v) is 6.65. The predicted octanol–water partition coefficient (Wildman–Crippen LogP) is 4.20. The third kappa shape index (κ3) is 6.73. The SMILES string of the molecule is C[C@H](CC/C=C/C(=O)O)[C@H](OC(=O)NC(=O)c1ccccc1)c1ccc(O)c(F)c1. The van der Waals surface area contributed by atoms with Crippen molar-refractivity contribution in [1.29, 1.82) is 0 Å². The molecule has 8 heteroatoms. The standard InChI is InChI=1S/C22H22FNO6/c1-14(7-5-6-10-19(26)27)20(16-11-12-18(25)17(23)13-16)30-22(29)24-21(28)15-8-3-2-4-9-15/h2-4,6,8-14,20,25H,5,7H2,1H3,(H,26,27)(H,24,28,29)/b10-6+/t14-,20+/m1/s1. The molecule has 2 aromatic carbocycles. The first-order valence-corrected chi connectivity index (χ1v) is 9.22. The van der Waals surface area contributed by atoms with Crippen LogP contribution in [0.5, 0.6) is 5.75 Å². The summed E-state index contributed by atoms with van der Waals surface area (Å²) in [7, 11) is 0. The van der Waals surface area contributed by atoms with Gasteiger partial charge in [0.2, 0.25) is 0 Å². The summed E-state index contributed by atoms with van der Waals surface area (Å²) in [5.41, 5.74) is 0.566. The topological polar surface area (TPSA) is 113 Å². The Balaban J connectivity index is 2.13. The van der Waals surface area contributed by atoms with Crippen LogP contribution in [0.4, 0.5) is 9.18 Å².